The van der Waals surface area contributed by atoms with Gasteiger partial charge in [0.1, 0.15) is 5.56 Å². The van der Waals surface area contributed by atoms with Crippen molar-refractivity contribution in [2.24, 2.45) is 0 Å². The zero-order valence-corrected chi connectivity index (χ0v) is 15.1. The van der Waals surface area contributed by atoms with E-state index in [0.29, 0.717) is 0 Å². The summed E-state index contributed by atoms with van der Waals surface area (Å²) >= 11 is 0. The van der Waals surface area contributed by atoms with Crippen molar-refractivity contribution >= 4 is 17.4 Å². The van der Waals surface area contributed by atoms with Crippen LogP contribution in [0.5, 0.6) is 11.5 Å². The van der Waals surface area contributed by atoms with Crippen LogP contribution in [0.25, 0.3) is 11.4 Å². The second kappa shape index (κ2) is 7.38. The van der Waals surface area contributed by atoms with Crippen LogP contribution in [-0.4, -0.2) is 44.1 Å². The molecule has 11 nitrogen and oxygen atoms in total. The molecule has 0 aliphatic carbocycles. The summed E-state index contributed by atoms with van der Waals surface area (Å²) in [5.74, 6) is -3.45. The van der Waals surface area contributed by atoms with E-state index in [4.69, 9.17) is 4.52 Å². The molecular formula is C18H13N3O8. The van der Waals surface area contributed by atoms with Gasteiger partial charge in [0.25, 0.3) is 0 Å². The van der Waals surface area contributed by atoms with Gasteiger partial charge in [0, 0.05) is 18.1 Å². The minimum absolute atomic E-state index is 0.0210. The first kappa shape index (κ1) is 19.5. The van der Waals surface area contributed by atoms with Gasteiger partial charge >= 0.3 is 11.7 Å². The minimum Gasteiger partial charge on any atom is -0.504 e. The Morgan fingerprint density at radius 1 is 1.17 bits per heavy atom. The molecular weight excluding hydrogens is 386 g/mol. The maximum absolute atomic E-state index is 13.1. The van der Waals surface area contributed by atoms with Crippen molar-refractivity contribution in [3.63, 3.8) is 0 Å². The molecule has 0 amide bonds. The highest BCUT2D eigenvalue weighted by Crippen LogP contribution is 2.44. The van der Waals surface area contributed by atoms with E-state index in [1.165, 1.54) is 38.3 Å². The molecule has 2 N–H and O–H groups in total. The first-order chi connectivity index (χ1) is 13.7. The van der Waals surface area contributed by atoms with Gasteiger partial charge < -0.3 is 19.5 Å². The molecule has 0 aliphatic heterocycles. The molecule has 0 atom stereocenters. The second-order valence-electron chi connectivity index (χ2n) is 5.81. The van der Waals surface area contributed by atoms with Gasteiger partial charge in [-0.1, -0.05) is 17.3 Å². The normalized spacial score (nSPS) is 10.6. The Hall–Kier alpha value is -4.28. The first-order valence-corrected chi connectivity index (χ1v) is 8.01. The highest BCUT2D eigenvalue weighted by Gasteiger charge is 2.33. The van der Waals surface area contributed by atoms with Gasteiger partial charge in [0.05, 0.1) is 17.6 Å². The number of methoxy groups -OCH3 is 1. The number of nitro benzene ring substituents is 1. The Kier molecular flexibility index (Phi) is 4.96. The predicted molar refractivity (Wildman–Crippen MR) is 95.7 cm³/mol. The van der Waals surface area contributed by atoms with E-state index >= 15 is 0 Å². The van der Waals surface area contributed by atoms with Crippen molar-refractivity contribution < 1.29 is 34.0 Å². The number of hydrogen-bond donors (Lipinski definition) is 2. The van der Waals surface area contributed by atoms with Crippen LogP contribution < -0.4 is 0 Å². The standard InChI is InChI=1S/C18H13N3O8/c1-8-19-17(20-29-8)11-7-12(22)16(24)14(21(26)27)13(11)15(23)9-3-5-10(6-4-9)18(25)28-2/h3-7,22,24H,1-2H3. The smallest absolute Gasteiger partial charge is 0.337 e. The van der Waals surface area contributed by atoms with E-state index in [9.17, 15) is 29.9 Å². The van der Waals surface area contributed by atoms with Crippen LogP contribution in [-0.2, 0) is 4.74 Å². The summed E-state index contributed by atoms with van der Waals surface area (Å²) in [6.45, 7) is 1.47. The highest BCUT2D eigenvalue weighted by molar-refractivity contribution is 6.16. The molecule has 0 unspecified atom stereocenters. The number of nitrogens with zero attached hydrogens (tertiary/aromatic N) is 3. The minimum atomic E-state index is -1.08. The molecule has 0 spiro atoms. The van der Waals surface area contributed by atoms with E-state index in [1.807, 2.05) is 0 Å². The van der Waals surface area contributed by atoms with E-state index in [2.05, 4.69) is 14.9 Å². The largest absolute Gasteiger partial charge is 0.504 e. The Bertz CT molecular complexity index is 1130. The van der Waals surface area contributed by atoms with Crippen molar-refractivity contribution in [3.05, 3.63) is 63.0 Å². The summed E-state index contributed by atoms with van der Waals surface area (Å²) < 4.78 is 9.43. The molecule has 148 valence electrons. The van der Waals surface area contributed by atoms with E-state index in [-0.39, 0.29) is 28.4 Å². The zero-order chi connectivity index (χ0) is 21.3. The fourth-order valence-corrected chi connectivity index (χ4v) is 2.66. The third-order valence-electron chi connectivity index (χ3n) is 4.00. The third kappa shape index (κ3) is 3.48. The third-order valence-corrected chi connectivity index (χ3v) is 4.00. The van der Waals surface area contributed by atoms with Crippen LogP contribution in [0.2, 0.25) is 0 Å². The van der Waals surface area contributed by atoms with Gasteiger partial charge in [-0.15, -0.1) is 0 Å². The van der Waals surface area contributed by atoms with Crippen LogP contribution in [0.15, 0.2) is 34.9 Å². The van der Waals surface area contributed by atoms with Gasteiger partial charge in [-0.25, -0.2) is 4.79 Å². The molecule has 0 aliphatic rings. The summed E-state index contributed by atoms with van der Waals surface area (Å²) in [5.41, 5.74) is -1.61. The number of hydrogen-bond acceptors (Lipinski definition) is 10. The molecule has 0 saturated carbocycles. The number of rotatable bonds is 5. The van der Waals surface area contributed by atoms with Crippen LogP contribution in [0, 0.1) is 17.0 Å². The van der Waals surface area contributed by atoms with Crippen molar-refractivity contribution in [2.75, 3.05) is 7.11 Å². The monoisotopic (exact) mass is 399 g/mol. The Morgan fingerprint density at radius 2 is 1.79 bits per heavy atom. The molecule has 0 bridgehead atoms. The highest BCUT2D eigenvalue weighted by atomic mass is 16.6. The average Bonchev–Trinajstić information content (AvgIpc) is 3.14. The van der Waals surface area contributed by atoms with E-state index in [0.717, 1.165) is 6.07 Å². The van der Waals surface area contributed by atoms with Gasteiger partial charge in [-0.05, 0) is 18.2 Å². The molecule has 1 aromatic heterocycles. The molecule has 0 radical (unpaired) electrons. The fourth-order valence-electron chi connectivity index (χ4n) is 2.66. The first-order valence-electron chi connectivity index (χ1n) is 8.01. The lowest BCUT2D eigenvalue weighted by atomic mass is 9.94. The maximum Gasteiger partial charge on any atom is 0.337 e. The number of benzene rings is 2. The number of phenols is 2. The molecule has 0 saturated heterocycles. The topological polar surface area (TPSA) is 166 Å². The molecule has 29 heavy (non-hydrogen) atoms. The summed E-state index contributed by atoms with van der Waals surface area (Å²) in [4.78, 5) is 39.1. The summed E-state index contributed by atoms with van der Waals surface area (Å²) in [7, 11) is 1.20. The van der Waals surface area contributed by atoms with Gasteiger partial charge in [-0.3, -0.25) is 14.9 Å². The number of ether oxygens (including phenoxy) is 1. The summed E-state index contributed by atoms with van der Waals surface area (Å²) in [5, 5.41) is 35.1. The van der Waals surface area contributed by atoms with Crippen molar-refractivity contribution in [1.29, 1.82) is 0 Å². The van der Waals surface area contributed by atoms with Gasteiger partial charge in [0.15, 0.2) is 5.75 Å². The lowest BCUT2D eigenvalue weighted by molar-refractivity contribution is -0.386. The SMILES string of the molecule is COC(=O)c1ccc(C(=O)c2c(-c3noc(C)n3)cc(O)c(O)c2[N+](=O)[O-])cc1. The number of aromatic hydroxyl groups is 2. The number of ketones is 1. The Morgan fingerprint density at radius 3 is 2.31 bits per heavy atom. The Labute approximate surface area is 162 Å². The predicted octanol–water partition coefficient (Wildman–Crippen LogP) is 2.38. The number of aryl methyl sites for hydroxylation is 1. The average molecular weight is 399 g/mol. The molecule has 1 heterocycles. The van der Waals surface area contributed by atoms with E-state index < -0.39 is 39.4 Å². The zero-order valence-electron chi connectivity index (χ0n) is 15.1. The Balaban J connectivity index is 2.23. The van der Waals surface area contributed by atoms with E-state index in [1.54, 1.807) is 0 Å². The number of phenolic OH excluding ortho intramolecular Hbond substituents is 2. The lowest BCUT2D eigenvalue weighted by Crippen LogP contribution is -2.09. The summed E-state index contributed by atoms with van der Waals surface area (Å²) in [6, 6.07) is 6.09. The van der Waals surface area contributed by atoms with Crippen molar-refractivity contribution in [1.82, 2.24) is 10.1 Å². The van der Waals surface area contributed by atoms with Crippen molar-refractivity contribution in [2.45, 2.75) is 6.92 Å². The second-order valence-corrected chi connectivity index (χ2v) is 5.81. The fraction of sp³-hybridized carbons (Fsp3) is 0.111. The summed E-state index contributed by atoms with van der Waals surface area (Å²) in [6.07, 6.45) is 0. The van der Waals surface area contributed by atoms with Crippen molar-refractivity contribution in [3.8, 4) is 22.9 Å². The lowest BCUT2D eigenvalue weighted by Gasteiger charge is -2.10. The number of aromatic nitrogens is 2. The van der Waals surface area contributed by atoms with Crippen LogP contribution in [0.4, 0.5) is 5.69 Å². The molecule has 3 rings (SSSR count). The number of carbonyl (C=O) groups is 2. The number of carbonyl (C=O) groups excluding carboxylic acids is 2. The van der Waals surface area contributed by atoms with Crippen LogP contribution >= 0.6 is 0 Å². The van der Waals surface area contributed by atoms with Crippen LogP contribution in [0.3, 0.4) is 0 Å². The quantitative estimate of drug-likeness (QED) is 0.214. The van der Waals surface area contributed by atoms with Gasteiger partial charge in [0.2, 0.25) is 23.2 Å². The number of esters is 1. The maximum atomic E-state index is 13.1. The molecule has 3 aromatic rings. The van der Waals surface area contributed by atoms with Gasteiger partial charge in [-0.2, -0.15) is 4.98 Å². The van der Waals surface area contributed by atoms with Crippen LogP contribution in [0.1, 0.15) is 32.2 Å². The molecule has 0 fully saturated rings. The number of nitro groups is 1. The molecule has 2 aromatic carbocycles. The molecule has 11 heteroatoms.